The van der Waals surface area contributed by atoms with Crippen molar-refractivity contribution in [2.75, 3.05) is 26.2 Å². The molecule has 2 heterocycles. The zero-order valence-electron chi connectivity index (χ0n) is 12.0. The summed E-state index contributed by atoms with van der Waals surface area (Å²) in [7, 11) is 0. The second-order valence-corrected chi connectivity index (χ2v) is 7.26. The van der Waals surface area contributed by atoms with E-state index in [4.69, 9.17) is 0 Å². The van der Waals surface area contributed by atoms with Gasteiger partial charge in [0.05, 0.1) is 32.2 Å². The minimum absolute atomic E-state index is 0.438. The van der Waals surface area contributed by atoms with Gasteiger partial charge in [0.2, 0.25) is 0 Å². The maximum absolute atomic E-state index is 9.95. The second kappa shape index (κ2) is 6.46. The van der Waals surface area contributed by atoms with Gasteiger partial charge in [0.1, 0.15) is 12.3 Å². The Labute approximate surface area is 129 Å². The number of hydrogen-bond donors (Lipinski definition) is 3. The number of aromatic hydroxyl groups is 1. The van der Waals surface area contributed by atoms with Crippen LogP contribution in [0.4, 0.5) is 0 Å². The van der Waals surface area contributed by atoms with E-state index in [2.05, 4.69) is 22.0 Å². The number of halogens is 1. The SMILES string of the molecule is Oc1ccc(Br)cc1C[NH+]1CCC([NH+]2CCCC2)CC1. The van der Waals surface area contributed by atoms with Crippen LogP contribution in [0.25, 0.3) is 0 Å². The average Bonchev–Trinajstić information content (AvgIpc) is 2.98. The van der Waals surface area contributed by atoms with E-state index >= 15 is 0 Å². The van der Waals surface area contributed by atoms with E-state index < -0.39 is 0 Å². The molecule has 2 aliphatic heterocycles. The van der Waals surface area contributed by atoms with Crippen LogP contribution >= 0.6 is 15.9 Å². The van der Waals surface area contributed by atoms with Crippen LogP contribution in [0.15, 0.2) is 22.7 Å². The second-order valence-electron chi connectivity index (χ2n) is 6.34. The highest BCUT2D eigenvalue weighted by Crippen LogP contribution is 2.21. The molecule has 0 spiro atoms. The molecule has 20 heavy (non-hydrogen) atoms. The van der Waals surface area contributed by atoms with Crippen molar-refractivity contribution in [2.45, 2.75) is 38.3 Å². The van der Waals surface area contributed by atoms with Crippen molar-refractivity contribution < 1.29 is 14.9 Å². The van der Waals surface area contributed by atoms with Crippen molar-refractivity contribution in [3.63, 3.8) is 0 Å². The molecule has 3 rings (SSSR count). The van der Waals surface area contributed by atoms with Crippen molar-refractivity contribution in [1.82, 2.24) is 0 Å². The van der Waals surface area contributed by atoms with E-state index in [9.17, 15) is 5.11 Å². The third kappa shape index (κ3) is 3.35. The van der Waals surface area contributed by atoms with Crippen molar-refractivity contribution in [2.24, 2.45) is 0 Å². The van der Waals surface area contributed by atoms with E-state index in [1.54, 1.807) is 11.0 Å². The first-order valence-corrected chi connectivity index (χ1v) is 8.67. The van der Waals surface area contributed by atoms with Gasteiger partial charge in [0.25, 0.3) is 0 Å². The number of piperidine rings is 1. The van der Waals surface area contributed by atoms with Crippen LogP contribution in [-0.4, -0.2) is 37.3 Å². The summed E-state index contributed by atoms with van der Waals surface area (Å²) in [5.41, 5.74) is 1.07. The number of hydrogen-bond acceptors (Lipinski definition) is 1. The summed E-state index contributed by atoms with van der Waals surface area (Å²) in [6.07, 6.45) is 5.54. The summed E-state index contributed by atoms with van der Waals surface area (Å²) in [4.78, 5) is 3.47. The summed E-state index contributed by atoms with van der Waals surface area (Å²) >= 11 is 3.49. The average molecular weight is 341 g/mol. The Balaban J connectivity index is 1.54. The molecule has 2 aliphatic rings. The Morgan fingerprint density at radius 2 is 1.80 bits per heavy atom. The zero-order valence-corrected chi connectivity index (χ0v) is 13.6. The van der Waals surface area contributed by atoms with Gasteiger partial charge in [-0.1, -0.05) is 15.9 Å². The highest BCUT2D eigenvalue weighted by atomic mass is 79.9. The van der Waals surface area contributed by atoms with Crippen LogP contribution < -0.4 is 9.80 Å². The molecule has 2 fully saturated rings. The molecule has 1 aromatic carbocycles. The lowest BCUT2D eigenvalue weighted by atomic mass is 10.0. The lowest BCUT2D eigenvalue weighted by molar-refractivity contribution is -0.957. The Hall–Kier alpha value is -0.580. The lowest BCUT2D eigenvalue weighted by Crippen LogP contribution is -3.19. The molecule has 3 nitrogen and oxygen atoms in total. The van der Waals surface area contributed by atoms with Crippen LogP contribution in [-0.2, 0) is 6.54 Å². The first kappa shape index (κ1) is 14.4. The summed E-state index contributed by atoms with van der Waals surface area (Å²) in [5, 5.41) is 9.95. The molecule has 0 aromatic heterocycles. The van der Waals surface area contributed by atoms with E-state index in [-0.39, 0.29) is 0 Å². The minimum atomic E-state index is 0.438. The Morgan fingerprint density at radius 1 is 1.10 bits per heavy atom. The van der Waals surface area contributed by atoms with Crippen molar-refractivity contribution in [3.8, 4) is 5.75 Å². The maximum Gasteiger partial charge on any atom is 0.124 e. The predicted octanol–water partition coefficient (Wildman–Crippen LogP) is 0.381. The molecule has 0 aliphatic carbocycles. The number of phenolic OH excluding ortho intramolecular Hbond substituents is 1. The molecule has 0 radical (unpaired) electrons. The zero-order chi connectivity index (χ0) is 13.9. The number of phenols is 1. The number of likely N-dealkylation sites (tertiary alicyclic amines) is 2. The number of rotatable bonds is 3. The quantitative estimate of drug-likeness (QED) is 0.729. The van der Waals surface area contributed by atoms with Gasteiger partial charge in [-0.25, -0.2) is 0 Å². The van der Waals surface area contributed by atoms with E-state index in [0.717, 1.165) is 22.6 Å². The van der Waals surface area contributed by atoms with Crippen LogP contribution in [0.2, 0.25) is 0 Å². The fraction of sp³-hybridized carbons (Fsp3) is 0.625. The smallest absolute Gasteiger partial charge is 0.124 e. The molecule has 2 saturated heterocycles. The van der Waals surface area contributed by atoms with Crippen LogP contribution in [0.5, 0.6) is 5.75 Å². The third-order valence-electron chi connectivity index (χ3n) is 5.00. The summed E-state index contributed by atoms with van der Waals surface area (Å²) in [6.45, 7) is 6.24. The standard InChI is InChI=1S/C16H23BrN2O/c17-14-3-4-16(20)13(11-14)12-18-9-5-15(6-10-18)19-7-1-2-8-19/h3-4,11,15,20H,1-2,5-10,12H2/p+2. The molecular weight excluding hydrogens is 316 g/mol. The Kier molecular flexibility index (Phi) is 4.64. The van der Waals surface area contributed by atoms with Gasteiger partial charge in [-0.15, -0.1) is 0 Å². The normalized spacial score (nSPS) is 27.9. The topological polar surface area (TPSA) is 29.1 Å². The molecule has 0 saturated carbocycles. The predicted molar refractivity (Wildman–Crippen MR) is 83.2 cm³/mol. The van der Waals surface area contributed by atoms with Gasteiger partial charge in [-0.05, 0) is 18.2 Å². The largest absolute Gasteiger partial charge is 0.507 e. The number of quaternary nitrogens is 2. The first-order chi connectivity index (χ1) is 9.72. The van der Waals surface area contributed by atoms with E-state index in [1.807, 2.05) is 11.0 Å². The molecule has 4 heteroatoms. The third-order valence-corrected chi connectivity index (χ3v) is 5.49. The van der Waals surface area contributed by atoms with Crippen LogP contribution in [0.3, 0.4) is 0 Å². The van der Waals surface area contributed by atoms with Gasteiger partial charge in [-0.2, -0.15) is 0 Å². The Bertz CT molecular complexity index is 452. The molecule has 110 valence electrons. The number of nitrogens with one attached hydrogen (secondary N) is 2. The Morgan fingerprint density at radius 3 is 2.50 bits per heavy atom. The summed E-state index contributed by atoms with van der Waals surface area (Å²) < 4.78 is 1.06. The maximum atomic E-state index is 9.95. The highest BCUT2D eigenvalue weighted by molar-refractivity contribution is 9.10. The van der Waals surface area contributed by atoms with Gasteiger partial charge in [0.15, 0.2) is 0 Å². The van der Waals surface area contributed by atoms with Gasteiger partial charge >= 0.3 is 0 Å². The van der Waals surface area contributed by atoms with E-state index in [0.29, 0.717) is 5.75 Å². The minimum Gasteiger partial charge on any atom is -0.507 e. The fourth-order valence-corrected chi connectivity index (χ4v) is 4.22. The molecule has 0 unspecified atom stereocenters. The van der Waals surface area contributed by atoms with Gasteiger partial charge in [0, 0.05) is 35.7 Å². The molecular formula is C16H25BrN2O+2. The first-order valence-electron chi connectivity index (χ1n) is 7.88. The van der Waals surface area contributed by atoms with Gasteiger partial charge < -0.3 is 14.9 Å². The van der Waals surface area contributed by atoms with E-state index in [1.165, 1.54) is 51.9 Å². The van der Waals surface area contributed by atoms with Crippen LogP contribution in [0.1, 0.15) is 31.2 Å². The molecule has 0 bridgehead atoms. The van der Waals surface area contributed by atoms with Crippen LogP contribution in [0, 0.1) is 0 Å². The highest BCUT2D eigenvalue weighted by Gasteiger charge is 2.31. The van der Waals surface area contributed by atoms with Gasteiger partial charge in [-0.3, -0.25) is 0 Å². The van der Waals surface area contributed by atoms with Crippen molar-refractivity contribution in [3.05, 3.63) is 28.2 Å². The molecule has 0 atom stereocenters. The molecule has 3 N–H and O–H groups in total. The fourth-order valence-electron chi connectivity index (χ4n) is 3.81. The number of benzene rings is 1. The summed E-state index contributed by atoms with van der Waals surface area (Å²) in [5.74, 6) is 0.438. The molecule has 0 amide bonds. The van der Waals surface area contributed by atoms with Crippen molar-refractivity contribution >= 4 is 15.9 Å². The monoisotopic (exact) mass is 340 g/mol. The molecule has 1 aromatic rings. The lowest BCUT2D eigenvalue weighted by Gasteiger charge is -2.32. The summed E-state index contributed by atoms with van der Waals surface area (Å²) in [6, 6.07) is 6.65. The van der Waals surface area contributed by atoms with Crippen molar-refractivity contribution in [1.29, 1.82) is 0 Å².